The summed E-state index contributed by atoms with van der Waals surface area (Å²) in [6.45, 7) is -0.118. The quantitative estimate of drug-likeness (QED) is 0.347. The van der Waals surface area contributed by atoms with Crippen LogP contribution in [0.1, 0.15) is 44.8 Å². The number of aliphatic hydroxyl groups excluding tert-OH is 1. The first-order valence-electron chi connectivity index (χ1n) is 11.7. The normalized spacial score (nSPS) is 17.4. The van der Waals surface area contributed by atoms with E-state index < -0.39 is 35.7 Å². The molecule has 3 N–H and O–H groups in total. The Balaban J connectivity index is 1.47. The van der Waals surface area contributed by atoms with E-state index in [0.717, 1.165) is 0 Å². The lowest BCUT2D eigenvalue weighted by Crippen LogP contribution is -2.34. The topological polar surface area (TPSA) is 123 Å². The van der Waals surface area contributed by atoms with Gasteiger partial charge in [0.05, 0.1) is 47.5 Å². The molecule has 0 aliphatic carbocycles. The Morgan fingerprint density at radius 3 is 2.64 bits per heavy atom. The molecule has 4 aromatic rings. The van der Waals surface area contributed by atoms with E-state index in [-0.39, 0.29) is 39.5 Å². The maximum absolute atomic E-state index is 14.2. The van der Waals surface area contributed by atoms with Crippen molar-refractivity contribution in [2.45, 2.75) is 12.1 Å². The molecule has 0 spiro atoms. The summed E-state index contributed by atoms with van der Waals surface area (Å²) in [5.41, 5.74) is 2.26. The number of nitriles is 1. The number of urea groups is 1. The number of aliphatic hydroxyl groups is 1. The maximum atomic E-state index is 14.2. The van der Waals surface area contributed by atoms with Crippen LogP contribution in [0.2, 0.25) is 5.02 Å². The summed E-state index contributed by atoms with van der Waals surface area (Å²) in [6.07, 6.45) is 1.72. The molecule has 3 amide bonds. The number of β-amino-alcohol motifs (C(OH)–C–C–N with tert-alkyl or cyclic N) is 1. The summed E-state index contributed by atoms with van der Waals surface area (Å²) < 4.78 is 29.3. The smallest absolute Gasteiger partial charge is 0.326 e. The lowest BCUT2D eigenvalue weighted by atomic mass is 9.95. The molecule has 0 unspecified atom stereocenters. The molecule has 2 aliphatic rings. The number of amides is 3. The summed E-state index contributed by atoms with van der Waals surface area (Å²) in [4.78, 5) is 27.9. The van der Waals surface area contributed by atoms with E-state index in [1.54, 1.807) is 12.1 Å². The molecule has 194 valence electrons. The lowest BCUT2D eigenvalue weighted by Gasteiger charge is -2.22. The van der Waals surface area contributed by atoms with Gasteiger partial charge in [0.15, 0.2) is 0 Å². The predicted molar refractivity (Wildman–Crippen MR) is 137 cm³/mol. The van der Waals surface area contributed by atoms with Gasteiger partial charge in [0.2, 0.25) is 0 Å². The van der Waals surface area contributed by atoms with Gasteiger partial charge in [0, 0.05) is 33.5 Å². The van der Waals surface area contributed by atoms with Gasteiger partial charge >= 0.3 is 6.03 Å². The van der Waals surface area contributed by atoms with E-state index >= 15 is 0 Å². The summed E-state index contributed by atoms with van der Waals surface area (Å²) in [7, 11) is 0. The molecule has 2 aliphatic heterocycles. The van der Waals surface area contributed by atoms with Crippen LogP contribution in [0.5, 0.6) is 0 Å². The highest BCUT2D eigenvalue weighted by molar-refractivity contribution is 6.31. The Bertz CT molecular complexity index is 1730. The monoisotopic (exact) mass is 546 g/mol. The average molecular weight is 547 g/mol. The van der Waals surface area contributed by atoms with Crippen molar-refractivity contribution in [3.05, 3.63) is 105 Å². The molecule has 3 aromatic carbocycles. The minimum atomic E-state index is -1.09. The number of carbonyl (C=O) groups is 2. The van der Waals surface area contributed by atoms with Crippen LogP contribution in [-0.2, 0) is 0 Å². The largest absolute Gasteiger partial charge is 0.386 e. The van der Waals surface area contributed by atoms with Crippen LogP contribution >= 0.6 is 11.6 Å². The number of nitrogens with one attached hydrogen (secondary N) is 2. The van der Waals surface area contributed by atoms with Crippen molar-refractivity contribution in [1.29, 1.82) is 5.26 Å². The molecule has 0 fully saturated rings. The Morgan fingerprint density at radius 1 is 1.15 bits per heavy atom. The molecule has 39 heavy (non-hydrogen) atoms. The van der Waals surface area contributed by atoms with Crippen LogP contribution in [0.4, 0.5) is 25.0 Å². The van der Waals surface area contributed by atoms with Crippen LogP contribution in [-0.4, -0.2) is 33.4 Å². The average Bonchev–Trinajstić information content (AvgIpc) is 3.62. The molecule has 12 heteroatoms. The third-order valence-electron chi connectivity index (χ3n) is 6.70. The second-order valence-electron chi connectivity index (χ2n) is 9.07. The fourth-order valence-corrected chi connectivity index (χ4v) is 5.15. The molecular weight excluding hydrogens is 530 g/mol. The van der Waals surface area contributed by atoms with E-state index in [1.165, 1.54) is 58.4 Å². The molecule has 6 rings (SSSR count). The minimum Gasteiger partial charge on any atom is -0.386 e. The lowest BCUT2D eigenvalue weighted by molar-refractivity contribution is 0.0960. The van der Waals surface area contributed by atoms with Crippen LogP contribution in [0, 0.1) is 23.0 Å². The molecule has 0 bridgehead atoms. The molecule has 2 atom stereocenters. The minimum absolute atomic E-state index is 0.118. The Morgan fingerprint density at radius 2 is 1.90 bits per heavy atom. The van der Waals surface area contributed by atoms with Crippen molar-refractivity contribution in [3.63, 3.8) is 0 Å². The van der Waals surface area contributed by atoms with Crippen LogP contribution in [0.3, 0.4) is 0 Å². The highest BCUT2D eigenvalue weighted by atomic mass is 35.5. The van der Waals surface area contributed by atoms with Gasteiger partial charge in [-0.1, -0.05) is 11.6 Å². The second kappa shape index (κ2) is 9.20. The van der Waals surface area contributed by atoms with Crippen LogP contribution in [0.25, 0.3) is 5.69 Å². The molecule has 3 heterocycles. The van der Waals surface area contributed by atoms with E-state index in [0.29, 0.717) is 16.9 Å². The van der Waals surface area contributed by atoms with E-state index in [1.807, 2.05) is 6.07 Å². The van der Waals surface area contributed by atoms with Gasteiger partial charge in [-0.05, 0) is 48.5 Å². The standard InChI is InChI=1S/C27H17ClF2N6O3/c28-20-3-1-14(29)5-17(20)25-24-19(26(38)34-25)7-16(36-11-13(9-31)10-32-36)8-21(24)33-27(39)35-12-23(37)18-6-15(30)2-4-22(18)35/h1-8,10-11,23,25,37H,12H2,(H,33,39)(H,34,38)/t23-,25+/m1/s1. The number of hydrogen-bond acceptors (Lipinski definition) is 5. The number of hydrogen-bond donors (Lipinski definition) is 3. The fraction of sp³-hybridized carbons (Fsp3) is 0.111. The zero-order valence-corrected chi connectivity index (χ0v) is 20.6. The molecule has 0 radical (unpaired) electrons. The van der Waals surface area contributed by atoms with Crippen molar-refractivity contribution < 1.29 is 23.5 Å². The SMILES string of the molecule is N#Cc1cnn(-c2cc(NC(=O)N3C[C@@H](O)c4cc(F)ccc43)c3c(c2)C(=O)N[C@H]3c2cc(F)ccc2Cl)c1. The van der Waals surface area contributed by atoms with Crippen molar-refractivity contribution >= 4 is 34.9 Å². The molecule has 0 saturated carbocycles. The summed E-state index contributed by atoms with van der Waals surface area (Å²) in [6, 6.07) is 11.1. The first kappa shape index (κ1) is 24.5. The maximum Gasteiger partial charge on any atom is 0.326 e. The number of rotatable bonds is 3. The fourth-order valence-electron chi connectivity index (χ4n) is 4.93. The zero-order chi connectivity index (χ0) is 27.4. The van der Waals surface area contributed by atoms with E-state index in [4.69, 9.17) is 11.6 Å². The third kappa shape index (κ3) is 4.16. The Labute approximate surface area is 224 Å². The molecule has 0 saturated heterocycles. The van der Waals surface area contributed by atoms with Gasteiger partial charge in [-0.25, -0.2) is 18.3 Å². The third-order valence-corrected chi connectivity index (χ3v) is 7.04. The number of anilines is 2. The van der Waals surface area contributed by atoms with Crippen molar-refractivity contribution in [2.24, 2.45) is 0 Å². The van der Waals surface area contributed by atoms with Gasteiger partial charge < -0.3 is 15.7 Å². The van der Waals surface area contributed by atoms with E-state index in [2.05, 4.69) is 15.7 Å². The van der Waals surface area contributed by atoms with Gasteiger partial charge in [-0.3, -0.25) is 9.69 Å². The summed E-state index contributed by atoms with van der Waals surface area (Å²) in [5, 5.41) is 29.6. The Hall–Kier alpha value is -4.79. The molecular formula is C27H17ClF2N6O3. The highest BCUT2D eigenvalue weighted by Crippen LogP contribution is 2.41. The van der Waals surface area contributed by atoms with Gasteiger partial charge in [0.25, 0.3) is 5.91 Å². The van der Waals surface area contributed by atoms with Crippen LogP contribution < -0.4 is 15.5 Å². The van der Waals surface area contributed by atoms with Crippen molar-refractivity contribution in [2.75, 3.05) is 16.8 Å². The molecule has 9 nitrogen and oxygen atoms in total. The predicted octanol–water partition coefficient (Wildman–Crippen LogP) is 4.59. The van der Waals surface area contributed by atoms with Gasteiger partial charge in [0.1, 0.15) is 17.7 Å². The van der Waals surface area contributed by atoms with Crippen molar-refractivity contribution in [3.8, 4) is 11.8 Å². The molecule has 1 aromatic heterocycles. The summed E-state index contributed by atoms with van der Waals surface area (Å²) in [5.74, 6) is -1.59. The highest BCUT2D eigenvalue weighted by Gasteiger charge is 2.37. The number of benzene rings is 3. The zero-order valence-electron chi connectivity index (χ0n) is 19.8. The van der Waals surface area contributed by atoms with E-state index in [9.17, 15) is 28.7 Å². The summed E-state index contributed by atoms with van der Waals surface area (Å²) >= 11 is 6.37. The first-order valence-corrected chi connectivity index (χ1v) is 12.1. The first-order chi connectivity index (χ1) is 18.7. The van der Waals surface area contributed by atoms with Crippen molar-refractivity contribution in [1.82, 2.24) is 15.1 Å². The number of aromatic nitrogens is 2. The number of halogens is 3. The van der Waals surface area contributed by atoms with Gasteiger partial charge in [-0.2, -0.15) is 10.4 Å². The number of carbonyl (C=O) groups excluding carboxylic acids is 2. The second-order valence-corrected chi connectivity index (χ2v) is 9.48. The number of nitrogens with zero attached hydrogens (tertiary/aromatic N) is 4. The Kier molecular flexibility index (Phi) is 5.79. The van der Waals surface area contributed by atoms with Crippen LogP contribution in [0.15, 0.2) is 60.9 Å². The number of fused-ring (bicyclic) bond motifs is 2. The van der Waals surface area contributed by atoms with Gasteiger partial charge in [-0.15, -0.1) is 0 Å².